The van der Waals surface area contributed by atoms with E-state index >= 15 is 0 Å². The first-order valence-electron chi connectivity index (χ1n) is 9.17. The number of aromatic nitrogens is 2. The number of anilines is 2. The molecule has 3 aromatic heterocycles. The molecular formula is C22H15N3O5. The molecule has 0 saturated carbocycles. The zero-order chi connectivity index (χ0) is 20.8. The summed E-state index contributed by atoms with van der Waals surface area (Å²) in [6, 6.07) is 14.0. The summed E-state index contributed by atoms with van der Waals surface area (Å²) in [5, 5.41) is 12.6. The molecule has 5 aromatic rings. The summed E-state index contributed by atoms with van der Waals surface area (Å²) < 4.78 is 16.2. The first kappa shape index (κ1) is 17.9. The third kappa shape index (κ3) is 3.04. The largest absolute Gasteiger partial charge is 0.423 e. The maximum atomic E-state index is 12.3. The van der Waals surface area contributed by atoms with Gasteiger partial charge in [0, 0.05) is 22.5 Å². The van der Waals surface area contributed by atoms with Crippen molar-refractivity contribution in [2.45, 2.75) is 13.8 Å². The van der Waals surface area contributed by atoms with Gasteiger partial charge < -0.3 is 18.6 Å². The second-order valence-corrected chi connectivity index (χ2v) is 6.93. The van der Waals surface area contributed by atoms with Gasteiger partial charge in [0.2, 0.25) is 0 Å². The minimum atomic E-state index is -0.559. The molecule has 0 bridgehead atoms. The lowest BCUT2D eigenvalue weighted by Gasteiger charge is -2.08. The van der Waals surface area contributed by atoms with Gasteiger partial charge in [-0.1, -0.05) is 23.3 Å². The molecule has 30 heavy (non-hydrogen) atoms. The van der Waals surface area contributed by atoms with Crippen LogP contribution in [0.3, 0.4) is 0 Å². The molecule has 0 saturated heterocycles. The van der Waals surface area contributed by atoms with Crippen molar-refractivity contribution in [2.24, 2.45) is 0 Å². The fraction of sp³-hybridized carbons (Fsp3) is 0.0909. The zero-order valence-electron chi connectivity index (χ0n) is 16.1. The fourth-order valence-electron chi connectivity index (χ4n) is 3.31. The molecule has 0 amide bonds. The highest BCUT2D eigenvalue weighted by molar-refractivity contribution is 5.86. The van der Waals surface area contributed by atoms with Gasteiger partial charge in [-0.25, -0.2) is 9.59 Å². The van der Waals surface area contributed by atoms with Crippen LogP contribution < -0.4 is 16.6 Å². The summed E-state index contributed by atoms with van der Waals surface area (Å²) >= 11 is 0. The summed E-state index contributed by atoms with van der Waals surface area (Å²) in [6.07, 6.45) is 0. The molecule has 5 rings (SSSR count). The molecule has 0 aliphatic heterocycles. The summed E-state index contributed by atoms with van der Waals surface area (Å²) in [7, 11) is 0. The van der Waals surface area contributed by atoms with E-state index in [9.17, 15) is 9.59 Å². The summed E-state index contributed by atoms with van der Waals surface area (Å²) in [6.45, 7) is 3.70. The van der Waals surface area contributed by atoms with Crippen LogP contribution in [0, 0.1) is 13.8 Å². The lowest BCUT2D eigenvalue weighted by Crippen LogP contribution is -2.02. The van der Waals surface area contributed by atoms with E-state index in [2.05, 4.69) is 15.5 Å². The highest BCUT2D eigenvalue weighted by Crippen LogP contribution is 2.28. The van der Waals surface area contributed by atoms with Gasteiger partial charge in [-0.15, -0.1) is 5.10 Å². The van der Waals surface area contributed by atoms with Crippen molar-refractivity contribution in [2.75, 3.05) is 5.32 Å². The van der Waals surface area contributed by atoms with Crippen molar-refractivity contribution in [3.8, 4) is 11.5 Å². The molecule has 0 aliphatic rings. The van der Waals surface area contributed by atoms with Crippen molar-refractivity contribution in [1.82, 2.24) is 10.2 Å². The van der Waals surface area contributed by atoms with Crippen LogP contribution in [-0.4, -0.2) is 10.2 Å². The van der Waals surface area contributed by atoms with E-state index in [1.54, 1.807) is 24.3 Å². The number of rotatable bonds is 3. The molecule has 2 aromatic carbocycles. The summed E-state index contributed by atoms with van der Waals surface area (Å²) in [5.74, 6) is 0.0534. The summed E-state index contributed by atoms with van der Waals surface area (Å²) in [4.78, 5) is 23.9. The molecular weight excluding hydrogens is 386 g/mol. The number of hydrogen-bond donors (Lipinski definition) is 1. The Balaban J connectivity index is 1.52. The predicted molar refractivity (Wildman–Crippen MR) is 111 cm³/mol. The Hall–Kier alpha value is -4.20. The van der Waals surface area contributed by atoms with E-state index in [0.29, 0.717) is 16.9 Å². The SMILES string of the molecule is Cc1cc2oc(=O)cc(C)c2cc1Nc1nnc(-c2cc3ccccc3oc2=O)o1. The van der Waals surface area contributed by atoms with Crippen molar-refractivity contribution < 1.29 is 13.3 Å². The second kappa shape index (κ2) is 6.70. The minimum absolute atomic E-state index is 0.0534. The number of nitrogens with zero attached hydrogens (tertiary/aromatic N) is 2. The van der Waals surface area contributed by atoms with Crippen molar-refractivity contribution >= 4 is 33.6 Å². The Kier molecular flexibility index (Phi) is 3.99. The molecule has 148 valence electrons. The Labute approximate surface area is 168 Å². The third-order valence-corrected chi connectivity index (χ3v) is 4.83. The van der Waals surface area contributed by atoms with Crippen LogP contribution in [0.2, 0.25) is 0 Å². The number of aryl methyl sites for hydroxylation is 2. The van der Waals surface area contributed by atoms with Gasteiger partial charge in [0.15, 0.2) is 0 Å². The van der Waals surface area contributed by atoms with E-state index in [0.717, 1.165) is 21.9 Å². The number of hydrogen-bond acceptors (Lipinski definition) is 8. The minimum Gasteiger partial charge on any atom is -0.423 e. The lowest BCUT2D eigenvalue weighted by atomic mass is 10.1. The van der Waals surface area contributed by atoms with Crippen LogP contribution in [0.25, 0.3) is 33.4 Å². The molecule has 0 spiro atoms. The van der Waals surface area contributed by atoms with Gasteiger partial charge in [-0.3, -0.25) is 0 Å². The topological polar surface area (TPSA) is 111 Å². The maximum Gasteiger partial charge on any atom is 0.349 e. The number of para-hydroxylation sites is 1. The molecule has 0 atom stereocenters. The van der Waals surface area contributed by atoms with Crippen LogP contribution >= 0.6 is 0 Å². The normalized spacial score (nSPS) is 11.3. The molecule has 0 fully saturated rings. The van der Waals surface area contributed by atoms with Gasteiger partial charge >= 0.3 is 17.3 Å². The average Bonchev–Trinajstić information content (AvgIpc) is 3.16. The van der Waals surface area contributed by atoms with E-state index < -0.39 is 11.3 Å². The van der Waals surface area contributed by atoms with E-state index in [1.165, 1.54) is 6.07 Å². The quantitative estimate of drug-likeness (QED) is 0.445. The predicted octanol–water partition coefficient (Wildman–Crippen LogP) is 4.31. The van der Waals surface area contributed by atoms with Crippen LogP contribution in [0.15, 0.2) is 71.4 Å². The van der Waals surface area contributed by atoms with Gasteiger partial charge in [-0.2, -0.15) is 0 Å². The molecule has 0 unspecified atom stereocenters. The number of benzene rings is 2. The fourth-order valence-corrected chi connectivity index (χ4v) is 3.31. The first-order valence-corrected chi connectivity index (χ1v) is 9.17. The van der Waals surface area contributed by atoms with Crippen LogP contribution in [0.5, 0.6) is 0 Å². The monoisotopic (exact) mass is 401 g/mol. The Bertz CT molecular complexity index is 1540. The summed E-state index contributed by atoms with van der Waals surface area (Å²) in [5.41, 5.74) is 2.54. The van der Waals surface area contributed by atoms with Crippen LogP contribution in [-0.2, 0) is 0 Å². The second-order valence-electron chi connectivity index (χ2n) is 6.93. The molecule has 3 heterocycles. The molecule has 8 nitrogen and oxygen atoms in total. The van der Waals surface area contributed by atoms with Crippen LogP contribution in [0.4, 0.5) is 11.7 Å². The van der Waals surface area contributed by atoms with Crippen molar-refractivity contribution in [3.05, 3.63) is 80.5 Å². The van der Waals surface area contributed by atoms with Crippen molar-refractivity contribution in [3.63, 3.8) is 0 Å². The highest BCUT2D eigenvalue weighted by Gasteiger charge is 2.16. The Morgan fingerprint density at radius 1 is 0.833 bits per heavy atom. The van der Waals surface area contributed by atoms with Gasteiger partial charge in [0.1, 0.15) is 16.7 Å². The van der Waals surface area contributed by atoms with E-state index in [-0.39, 0.29) is 17.5 Å². The van der Waals surface area contributed by atoms with Gasteiger partial charge in [-0.05, 0) is 49.2 Å². The molecule has 0 aliphatic carbocycles. The van der Waals surface area contributed by atoms with E-state index in [1.807, 2.05) is 32.0 Å². The smallest absolute Gasteiger partial charge is 0.349 e. The molecule has 8 heteroatoms. The Morgan fingerprint density at radius 2 is 1.67 bits per heavy atom. The first-order chi connectivity index (χ1) is 14.5. The number of nitrogens with one attached hydrogen (secondary N) is 1. The Morgan fingerprint density at radius 3 is 2.53 bits per heavy atom. The van der Waals surface area contributed by atoms with Crippen molar-refractivity contribution in [1.29, 1.82) is 0 Å². The van der Waals surface area contributed by atoms with E-state index in [4.69, 9.17) is 13.3 Å². The molecule has 1 N–H and O–H groups in total. The highest BCUT2D eigenvalue weighted by atomic mass is 16.4. The molecule has 0 radical (unpaired) electrons. The number of fused-ring (bicyclic) bond motifs is 2. The van der Waals surface area contributed by atoms with Gasteiger partial charge in [0.05, 0.1) is 0 Å². The standard InChI is InChI=1S/C22H15N3O5/c1-11-8-19(26)28-18-7-12(2)16(10-14(11)18)23-22-25-24-20(30-22)15-9-13-5-3-4-6-17(13)29-21(15)27/h3-10H,1-2H3,(H,23,25). The lowest BCUT2D eigenvalue weighted by molar-refractivity contribution is 0.548. The van der Waals surface area contributed by atoms with Gasteiger partial charge in [0.25, 0.3) is 5.89 Å². The zero-order valence-corrected chi connectivity index (χ0v) is 16.1. The maximum absolute atomic E-state index is 12.3. The third-order valence-electron chi connectivity index (χ3n) is 4.83. The van der Waals surface area contributed by atoms with Crippen LogP contribution in [0.1, 0.15) is 11.1 Å². The average molecular weight is 401 g/mol.